The lowest BCUT2D eigenvalue weighted by Crippen LogP contribution is -2.11. The third-order valence-corrected chi connectivity index (χ3v) is 3.38. The maximum absolute atomic E-state index is 11.9. The van der Waals surface area contributed by atoms with Crippen molar-refractivity contribution in [3.05, 3.63) is 53.2 Å². The first-order valence-corrected chi connectivity index (χ1v) is 7.06. The quantitative estimate of drug-likeness (QED) is 0.737. The molecule has 0 radical (unpaired) electrons. The average molecular weight is 280 g/mol. The molecule has 0 N–H and O–H groups in total. The third kappa shape index (κ3) is 2.67. The number of pyridine rings is 2. The van der Waals surface area contributed by atoms with Crippen LogP contribution in [0, 0.1) is 0 Å². The highest BCUT2D eigenvalue weighted by Gasteiger charge is 2.08. The molecule has 5 nitrogen and oxygen atoms in total. The monoisotopic (exact) mass is 280 g/mol. The van der Waals surface area contributed by atoms with Crippen LogP contribution in [0.2, 0.25) is 0 Å². The minimum Gasteiger partial charge on any atom is -0.332 e. The Bertz CT molecular complexity index is 811. The Balaban J connectivity index is 2.17. The van der Waals surface area contributed by atoms with Gasteiger partial charge in [0.15, 0.2) is 11.3 Å². The molecule has 0 bridgehead atoms. The molecular formula is C16H16N4O. The number of aromatic nitrogens is 4. The van der Waals surface area contributed by atoms with Crippen molar-refractivity contribution in [2.75, 3.05) is 0 Å². The van der Waals surface area contributed by atoms with E-state index in [1.165, 1.54) is 0 Å². The molecule has 0 aliphatic carbocycles. The lowest BCUT2D eigenvalue weighted by Gasteiger charge is -2.10. The van der Waals surface area contributed by atoms with Crippen LogP contribution in [0.15, 0.2) is 47.8 Å². The number of rotatable bonds is 4. The van der Waals surface area contributed by atoms with Crippen molar-refractivity contribution in [3.63, 3.8) is 0 Å². The van der Waals surface area contributed by atoms with E-state index in [9.17, 15) is 4.79 Å². The van der Waals surface area contributed by atoms with Gasteiger partial charge in [0.1, 0.15) is 5.65 Å². The second-order valence-electron chi connectivity index (χ2n) is 4.90. The van der Waals surface area contributed by atoms with E-state index in [1.807, 2.05) is 16.7 Å². The minimum atomic E-state index is -0.0458. The maximum Gasteiger partial charge on any atom is 0.192 e. The van der Waals surface area contributed by atoms with Gasteiger partial charge in [-0.1, -0.05) is 13.3 Å². The van der Waals surface area contributed by atoms with Gasteiger partial charge in [0.05, 0.1) is 5.39 Å². The first-order valence-electron chi connectivity index (χ1n) is 7.06. The van der Waals surface area contributed by atoms with E-state index in [1.54, 1.807) is 30.9 Å². The van der Waals surface area contributed by atoms with Crippen LogP contribution in [-0.4, -0.2) is 19.5 Å². The van der Waals surface area contributed by atoms with E-state index in [0.29, 0.717) is 16.9 Å². The van der Waals surface area contributed by atoms with Crippen molar-refractivity contribution < 1.29 is 0 Å². The Morgan fingerprint density at radius 3 is 2.90 bits per heavy atom. The number of hydrogen-bond acceptors (Lipinski definition) is 4. The zero-order valence-electron chi connectivity index (χ0n) is 11.9. The molecule has 0 spiro atoms. The van der Waals surface area contributed by atoms with Crippen LogP contribution in [0.4, 0.5) is 0 Å². The molecule has 0 aliphatic heterocycles. The van der Waals surface area contributed by atoms with Crippen molar-refractivity contribution in [1.82, 2.24) is 19.5 Å². The highest BCUT2D eigenvalue weighted by atomic mass is 16.1. The predicted octanol–water partition coefficient (Wildman–Crippen LogP) is 2.65. The van der Waals surface area contributed by atoms with Gasteiger partial charge in [-0.05, 0) is 18.6 Å². The van der Waals surface area contributed by atoms with E-state index in [2.05, 4.69) is 21.9 Å². The molecule has 0 saturated carbocycles. The molecule has 0 fully saturated rings. The van der Waals surface area contributed by atoms with Crippen molar-refractivity contribution in [3.8, 4) is 11.4 Å². The SMILES string of the molecule is CCCCn1ccc(=O)c2cnc(-c3cccnc3)nc21. The summed E-state index contributed by atoms with van der Waals surface area (Å²) < 4.78 is 2.02. The van der Waals surface area contributed by atoms with Crippen molar-refractivity contribution in [2.24, 2.45) is 0 Å². The summed E-state index contributed by atoms with van der Waals surface area (Å²) >= 11 is 0. The summed E-state index contributed by atoms with van der Waals surface area (Å²) in [5.74, 6) is 0.589. The van der Waals surface area contributed by atoms with E-state index in [4.69, 9.17) is 0 Å². The normalized spacial score (nSPS) is 10.9. The van der Waals surface area contributed by atoms with Crippen LogP contribution < -0.4 is 5.43 Å². The molecular weight excluding hydrogens is 264 g/mol. The van der Waals surface area contributed by atoms with Crippen molar-refractivity contribution in [2.45, 2.75) is 26.3 Å². The summed E-state index contributed by atoms with van der Waals surface area (Å²) in [5, 5.41) is 0.557. The molecule has 0 atom stereocenters. The smallest absolute Gasteiger partial charge is 0.192 e. The predicted molar refractivity (Wildman–Crippen MR) is 81.9 cm³/mol. The lowest BCUT2D eigenvalue weighted by molar-refractivity contribution is 0.641. The Kier molecular flexibility index (Phi) is 3.73. The zero-order valence-corrected chi connectivity index (χ0v) is 11.9. The van der Waals surface area contributed by atoms with E-state index in [-0.39, 0.29) is 5.43 Å². The number of unbranched alkanes of at least 4 members (excludes halogenated alkanes) is 1. The molecule has 0 saturated heterocycles. The molecule has 3 aromatic rings. The highest BCUT2D eigenvalue weighted by Crippen LogP contribution is 2.16. The average Bonchev–Trinajstić information content (AvgIpc) is 2.55. The number of nitrogens with zero attached hydrogens (tertiary/aromatic N) is 4. The van der Waals surface area contributed by atoms with Crippen LogP contribution >= 0.6 is 0 Å². The van der Waals surface area contributed by atoms with E-state index >= 15 is 0 Å². The number of hydrogen-bond donors (Lipinski definition) is 0. The largest absolute Gasteiger partial charge is 0.332 e. The standard InChI is InChI=1S/C16H16N4O/c1-2-3-8-20-9-6-14(21)13-11-18-15(19-16(13)20)12-5-4-7-17-10-12/h4-7,9-11H,2-3,8H2,1H3. The molecule has 3 rings (SSSR count). The topological polar surface area (TPSA) is 60.7 Å². The summed E-state index contributed by atoms with van der Waals surface area (Å²) in [6, 6.07) is 5.33. The van der Waals surface area contributed by atoms with Crippen LogP contribution in [-0.2, 0) is 6.54 Å². The van der Waals surface area contributed by atoms with Gasteiger partial charge in [-0.2, -0.15) is 0 Å². The van der Waals surface area contributed by atoms with Crippen LogP contribution in [0.5, 0.6) is 0 Å². The first-order chi connectivity index (χ1) is 10.3. The van der Waals surface area contributed by atoms with Gasteiger partial charge in [0.25, 0.3) is 0 Å². The molecule has 0 amide bonds. The summed E-state index contributed by atoms with van der Waals surface area (Å²) in [5.41, 5.74) is 1.48. The van der Waals surface area contributed by atoms with Crippen LogP contribution in [0.3, 0.4) is 0 Å². The molecule has 5 heteroatoms. The molecule has 0 aliphatic rings. The Hall–Kier alpha value is -2.56. The molecule has 3 heterocycles. The van der Waals surface area contributed by atoms with Gasteiger partial charge >= 0.3 is 0 Å². The third-order valence-electron chi connectivity index (χ3n) is 3.38. The second-order valence-corrected chi connectivity index (χ2v) is 4.90. The number of aryl methyl sites for hydroxylation is 1. The molecule has 106 valence electrons. The van der Waals surface area contributed by atoms with Gasteiger partial charge in [-0.25, -0.2) is 9.97 Å². The number of fused-ring (bicyclic) bond motifs is 1. The summed E-state index contributed by atoms with van der Waals surface area (Å²) in [6.45, 7) is 2.98. The molecule has 21 heavy (non-hydrogen) atoms. The van der Waals surface area contributed by atoms with E-state index < -0.39 is 0 Å². The summed E-state index contributed by atoms with van der Waals surface area (Å²) in [4.78, 5) is 24.9. The fourth-order valence-electron chi connectivity index (χ4n) is 2.23. The van der Waals surface area contributed by atoms with Gasteiger partial charge < -0.3 is 4.57 Å². The Morgan fingerprint density at radius 2 is 2.14 bits per heavy atom. The van der Waals surface area contributed by atoms with Gasteiger partial charge in [-0.15, -0.1) is 0 Å². The summed E-state index contributed by atoms with van der Waals surface area (Å²) in [6.07, 6.45) is 8.98. The van der Waals surface area contributed by atoms with Gasteiger partial charge in [0.2, 0.25) is 0 Å². The van der Waals surface area contributed by atoms with Crippen LogP contribution in [0.25, 0.3) is 22.4 Å². The fraction of sp³-hybridized carbons (Fsp3) is 0.250. The van der Waals surface area contributed by atoms with Gasteiger partial charge in [0, 0.05) is 43.0 Å². The zero-order chi connectivity index (χ0) is 14.7. The van der Waals surface area contributed by atoms with Gasteiger partial charge in [-0.3, -0.25) is 9.78 Å². The van der Waals surface area contributed by atoms with Crippen LogP contribution in [0.1, 0.15) is 19.8 Å². The highest BCUT2D eigenvalue weighted by molar-refractivity contribution is 5.76. The fourth-order valence-corrected chi connectivity index (χ4v) is 2.23. The van der Waals surface area contributed by atoms with E-state index in [0.717, 1.165) is 24.9 Å². The van der Waals surface area contributed by atoms with Crippen molar-refractivity contribution in [1.29, 1.82) is 0 Å². The molecule has 3 aromatic heterocycles. The summed E-state index contributed by atoms with van der Waals surface area (Å²) in [7, 11) is 0. The lowest BCUT2D eigenvalue weighted by atomic mass is 10.2. The Morgan fingerprint density at radius 1 is 1.24 bits per heavy atom. The molecule has 0 unspecified atom stereocenters. The maximum atomic E-state index is 11.9. The minimum absolute atomic E-state index is 0.0458. The second kappa shape index (κ2) is 5.83. The molecule has 0 aromatic carbocycles. The Labute approximate surface area is 122 Å². The van der Waals surface area contributed by atoms with Crippen molar-refractivity contribution >= 4 is 11.0 Å². The first kappa shape index (κ1) is 13.4.